The van der Waals surface area contributed by atoms with Gasteiger partial charge < -0.3 is 19.3 Å². The molecule has 0 unspecified atom stereocenters. The summed E-state index contributed by atoms with van der Waals surface area (Å²) in [5, 5.41) is 0. The molecule has 2 saturated heterocycles. The number of benzene rings is 2. The first-order valence-electron chi connectivity index (χ1n) is 11.3. The molecule has 2 aromatic carbocycles. The van der Waals surface area contributed by atoms with Gasteiger partial charge in [-0.2, -0.15) is 4.31 Å². The Morgan fingerprint density at radius 3 is 2.21 bits per heavy atom. The van der Waals surface area contributed by atoms with Crippen molar-refractivity contribution in [2.45, 2.75) is 24.7 Å². The molecule has 0 saturated carbocycles. The third-order valence-corrected chi connectivity index (χ3v) is 8.16. The zero-order chi connectivity index (χ0) is 23.4. The molecule has 0 spiro atoms. The molecular formula is C24H31N3O5S. The van der Waals surface area contributed by atoms with E-state index in [4.69, 9.17) is 9.47 Å². The van der Waals surface area contributed by atoms with Gasteiger partial charge in [0.1, 0.15) is 11.5 Å². The van der Waals surface area contributed by atoms with Gasteiger partial charge >= 0.3 is 0 Å². The van der Waals surface area contributed by atoms with Gasteiger partial charge in [-0.05, 0) is 67.8 Å². The van der Waals surface area contributed by atoms with Crippen LogP contribution in [-0.2, 0) is 14.8 Å². The summed E-state index contributed by atoms with van der Waals surface area (Å²) in [5.74, 6) is 1.28. The third kappa shape index (κ3) is 5.25. The topological polar surface area (TPSA) is 79.4 Å². The van der Waals surface area contributed by atoms with Crippen LogP contribution in [-0.4, -0.2) is 76.5 Å². The van der Waals surface area contributed by atoms with Crippen LogP contribution in [0.25, 0.3) is 0 Å². The predicted octanol–water partition coefficient (Wildman–Crippen LogP) is 2.52. The highest BCUT2D eigenvalue weighted by Crippen LogP contribution is 2.26. The first-order valence-corrected chi connectivity index (χ1v) is 12.7. The minimum Gasteiger partial charge on any atom is -0.497 e. The largest absolute Gasteiger partial charge is 0.497 e. The van der Waals surface area contributed by atoms with Crippen LogP contribution in [0, 0.1) is 6.92 Å². The lowest BCUT2D eigenvalue weighted by Gasteiger charge is -2.36. The van der Waals surface area contributed by atoms with Crippen LogP contribution in [0.4, 0.5) is 5.69 Å². The number of carbonyl (C=O) groups is 1. The van der Waals surface area contributed by atoms with Crippen molar-refractivity contribution >= 4 is 21.6 Å². The van der Waals surface area contributed by atoms with Crippen molar-refractivity contribution in [3.8, 4) is 11.5 Å². The quantitative estimate of drug-likeness (QED) is 0.615. The number of piperazine rings is 1. The van der Waals surface area contributed by atoms with E-state index in [0.717, 1.165) is 37.4 Å². The minimum absolute atomic E-state index is 0.0679. The number of hydrogen-bond donors (Lipinski definition) is 0. The van der Waals surface area contributed by atoms with E-state index in [1.165, 1.54) is 4.31 Å². The Bertz CT molecular complexity index is 1070. The number of ether oxygens (including phenoxy) is 2. The number of methoxy groups -OCH3 is 1. The van der Waals surface area contributed by atoms with Gasteiger partial charge in [0.2, 0.25) is 10.0 Å². The summed E-state index contributed by atoms with van der Waals surface area (Å²) in [6, 6.07) is 12.8. The smallest absolute Gasteiger partial charge is 0.260 e. The van der Waals surface area contributed by atoms with Crippen molar-refractivity contribution in [2.75, 3.05) is 57.9 Å². The van der Waals surface area contributed by atoms with Gasteiger partial charge in [-0.1, -0.05) is 0 Å². The average molecular weight is 474 g/mol. The molecule has 2 aliphatic rings. The number of hydrogen-bond acceptors (Lipinski definition) is 6. The van der Waals surface area contributed by atoms with Gasteiger partial charge in [0, 0.05) is 45.0 Å². The first kappa shape index (κ1) is 23.4. The highest BCUT2D eigenvalue weighted by molar-refractivity contribution is 7.89. The van der Waals surface area contributed by atoms with Crippen molar-refractivity contribution < 1.29 is 22.7 Å². The summed E-state index contributed by atoms with van der Waals surface area (Å²) in [6.45, 7) is 5.62. The zero-order valence-corrected chi connectivity index (χ0v) is 20.0. The second-order valence-electron chi connectivity index (χ2n) is 8.39. The van der Waals surface area contributed by atoms with Gasteiger partial charge in [-0.25, -0.2) is 8.42 Å². The van der Waals surface area contributed by atoms with Crippen molar-refractivity contribution in [3.05, 3.63) is 48.0 Å². The molecule has 2 aliphatic heterocycles. The number of carbonyl (C=O) groups excluding carboxylic acids is 1. The molecule has 2 aromatic rings. The van der Waals surface area contributed by atoms with E-state index in [-0.39, 0.29) is 17.4 Å². The van der Waals surface area contributed by atoms with Gasteiger partial charge in [0.25, 0.3) is 5.91 Å². The van der Waals surface area contributed by atoms with Crippen LogP contribution in [0.2, 0.25) is 0 Å². The second-order valence-corrected chi connectivity index (χ2v) is 10.3. The number of aryl methyl sites for hydroxylation is 1. The van der Waals surface area contributed by atoms with E-state index in [0.29, 0.717) is 37.5 Å². The van der Waals surface area contributed by atoms with Crippen LogP contribution in [0.15, 0.2) is 47.4 Å². The van der Waals surface area contributed by atoms with Crippen molar-refractivity contribution in [3.63, 3.8) is 0 Å². The van der Waals surface area contributed by atoms with Crippen LogP contribution in [0.3, 0.4) is 0 Å². The molecule has 9 heteroatoms. The fraction of sp³-hybridized carbons (Fsp3) is 0.458. The minimum atomic E-state index is -3.47. The fourth-order valence-corrected chi connectivity index (χ4v) is 5.86. The van der Waals surface area contributed by atoms with E-state index in [9.17, 15) is 13.2 Å². The molecule has 8 nitrogen and oxygen atoms in total. The standard InChI is InChI=1S/C24H31N3O5S/c1-19-17-22(33(29,30)27-11-3-4-12-27)9-10-23(19)32-18-24(28)26-15-13-25(14-16-26)20-5-7-21(31-2)8-6-20/h5-10,17H,3-4,11-16,18H2,1-2H3. The lowest BCUT2D eigenvalue weighted by Crippen LogP contribution is -2.50. The van der Waals surface area contributed by atoms with Gasteiger partial charge in [0.15, 0.2) is 6.61 Å². The van der Waals surface area contributed by atoms with Crippen LogP contribution >= 0.6 is 0 Å². The first-order chi connectivity index (χ1) is 15.9. The van der Waals surface area contributed by atoms with Crippen LogP contribution in [0.1, 0.15) is 18.4 Å². The van der Waals surface area contributed by atoms with Crippen molar-refractivity contribution in [1.29, 1.82) is 0 Å². The van der Waals surface area contributed by atoms with E-state index < -0.39 is 10.0 Å². The molecule has 1 amide bonds. The van der Waals surface area contributed by atoms with Gasteiger partial charge in [-0.15, -0.1) is 0 Å². The molecule has 0 N–H and O–H groups in total. The molecular weight excluding hydrogens is 442 g/mol. The summed E-state index contributed by atoms with van der Waals surface area (Å²) in [7, 11) is -1.82. The summed E-state index contributed by atoms with van der Waals surface area (Å²) in [6.07, 6.45) is 1.80. The molecule has 0 radical (unpaired) electrons. The van der Waals surface area contributed by atoms with Crippen LogP contribution in [0.5, 0.6) is 11.5 Å². The maximum Gasteiger partial charge on any atom is 0.260 e. The normalized spacial score (nSPS) is 17.3. The number of rotatable bonds is 7. The lowest BCUT2D eigenvalue weighted by molar-refractivity contribution is -0.133. The molecule has 0 atom stereocenters. The molecule has 4 rings (SSSR count). The van der Waals surface area contributed by atoms with Crippen molar-refractivity contribution in [2.24, 2.45) is 0 Å². The van der Waals surface area contributed by atoms with Gasteiger partial charge in [0.05, 0.1) is 12.0 Å². The van der Waals surface area contributed by atoms with E-state index >= 15 is 0 Å². The van der Waals surface area contributed by atoms with Crippen molar-refractivity contribution in [1.82, 2.24) is 9.21 Å². The maximum absolute atomic E-state index is 12.7. The summed E-state index contributed by atoms with van der Waals surface area (Å²) < 4.78 is 38.0. The molecule has 0 aromatic heterocycles. The number of anilines is 1. The molecule has 2 heterocycles. The Morgan fingerprint density at radius 1 is 0.939 bits per heavy atom. The Labute approximate surface area is 195 Å². The summed E-state index contributed by atoms with van der Waals surface area (Å²) >= 11 is 0. The number of amides is 1. The molecule has 0 bridgehead atoms. The number of nitrogens with zero attached hydrogens (tertiary/aromatic N) is 3. The fourth-order valence-electron chi connectivity index (χ4n) is 4.26. The zero-order valence-electron chi connectivity index (χ0n) is 19.2. The highest BCUT2D eigenvalue weighted by atomic mass is 32.2. The van der Waals surface area contributed by atoms with Gasteiger partial charge in [-0.3, -0.25) is 4.79 Å². The second kappa shape index (κ2) is 10.0. The Balaban J connectivity index is 1.30. The SMILES string of the molecule is COc1ccc(N2CCN(C(=O)COc3ccc(S(=O)(=O)N4CCCC4)cc3C)CC2)cc1. The average Bonchev–Trinajstić information content (AvgIpc) is 3.39. The summed E-state index contributed by atoms with van der Waals surface area (Å²) in [4.78, 5) is 17.0. The maximum atomic E-state index is 12.7. The molecule has 2 fully saturated rings. The highest BCUT2D eigenvalue weighted by Gasteiger charge is 2.28. The third-order valence-electron chi connectivity index (χ3n) is 6.27. The Morgan fingerprint density at radius 2 is 1.61 bits per heavy atom. The lowest BCUT2D eigenvalue weighted by atomic mass is 10.2. The predicted molar refractivity (Wildman–Crippen MR) is 126 cm³/mol. The van der Waals surface area contributed by atoms with E-state index in [1.807, 2.05) is 29.2 Å². The Hall–Kier alpha value is -2.78. The Kier molecular flexibility index (Phi) is 7.09. The molecule has 0 aliphatic carbocycles. The van der Waals surface area contributed by atoms with E-state index in [2.05, 4.69) is 4.90 Å². The number of sulfonamides is 1. The molecule has 33 heavy (non-hydrogen) atoms. The molecule has 178 valence electrons. The summed E-state index contributed by atoms with van der Waals surface area (Å²) in [5.41, 5.74) is 1.81. The van der Waals surface area contributed by atoms with Crippen LogP contribution < -0.4 is 14.4 Å². The monoisotopic (exact) mass is 473 g/mol. The van der Waals surface area contributed by atoms with E-state index in [1.54, 1.807) is 32.2 Å².